The largest absolute Gasteiger partial charge is 0.478 e. The molecule has 7 nitrogen and oxygen atoms in total. The number of aryl methyl sites for hydroxylation is 1. The first kappa shape index (κ1) is 15.5. The zero-order chi connectivity index (χ0) is 16.6. The predicted molar refractivity (Wildman–Crippen MR) is 88.6 cm³/mol. The van der Waals surface area contributed by atoms with Crippen LogP contribution in [0.4, 0.5) is 5.69 Å². The Balaban J connectivity index is 2.00. The van der Waals surface area contributed by atoms with Crippen molar-refractivity contribution in [2.45, 2.75) is 6.92 Å². The normalized spacial score (nSPS) is 16.3. The Bertz CT molecular complexity index is 872. The van der Waals surface area contributed by atoms with Crippen LogP contribution < -0.4 is 9.44 Å². The summed E-state index contributed by atoms with van der Waals surface area (Å²) >= 11 is 1.24. The molecule has 0 aromatic heterocycles. The first-order valence-electron chi connectivity index (χ1n) is 6.56. The minimum absolute atomic E-state index is 0.0405. The van der Waals surface area contributed by atoms with Crippen LogP contribution in [-0.4, -0.2) is 23.8 Å². The van der Waals surface area contributed by atoms with E-state index in [1.165, 1.54) is 30.3 Å². The van der Waals surface area contributed by atoms with Crippen molar-refractivity contribution < 1.29 is 18.3 Å². The van der Waals surface area contributed by atoms with Crippen molar-refractivity contribution in [3.05, 3.63) is 64.5 Å². The topological polar surface area (TPSA) is 98.7 Å². The van der Waals surface area contributed by atoms with Crippen LogP contribution in [0.15, 0.2) is 53.4 Å². The molecular formula is C14H13N3O4S2. The fourth-order valence-corrected chi connectivity index (χ4v) is 4.17. The zero-order valence-corrected chi connectivity index (χ0v) is 13.6. The number of allylic oxidation sites excluding steroid dienone is 2. The molecule has 0 aliphatic carbocycles. The van der Waals surface area contributed by atoms with E-state index in [-0.39, 0.29) is 16.2 Å². The van der Waals surface area contributed by atoms with Crippen molar-refractivity contribution in [3.63, 3.8) is 0 Å². The Morgan fingerprint density at radius 1 is 1.39 bits per heavy atom. The fraction of sp³-hybridized carbons (Fsp3) is 0.0714. The number of anilines is 1. The molecule has 0 spiro atoms. The molecule has 1 aromatic carbocycles. The lowest BCUT2D eigenvalue weighted by molar-refractivity contribution is 0.0698. The molecule has 2 aliphatic rings. The molecule has 0 unspecified atom stereocenters. The van der Waals surface area contributed by atoms with E-state index in [4.69, 9.17) is 0 Å². The Hall–Kier alpha value is -2.39. The van der Waals surface area contributed by atoms with Gasteiger partial charge in [0.05, 0.1) is 29.1 Å². The number of hydrogen-bond acceptors (Lipinski definition) is 6. The number of carboxylic acids is 1. The van der Waals surface area contributed by atoms with Gasteiger partial charge >= 0.3 is 5.97 Å². The van der Waals surface area contributed by atoms with Gasteiger partial charge in [-0.2, -0.15) is 0 Å². The first-order chi connectivity index (χ1) is 10.9. The predicted octanol–water partition coefficient (Wildman–Crippen LogP) is 2.16. The summed E-state index contributed by atoms with van der Waals surface area (Å²) in [6, 6.07) is 4.49. The number of aromatic carboxylic acids is 1. The highest BCUT2D eigenvalue weighted by Crippen LogP contribution is 2.34. The SMILES string of the molecule is Cc1ccc(C(=O)O)c(NS(=O)(=O)C2=CC=CN3SNC=C23)c1. The van der Waals surface area contributed by atoms with E-state index in [2.05, 4.69) is 9.44 Å². The zero-order valence-electron chi connectivity index (χ0n) is 12.0. The third-order valence-corrected chi connectivity index (χ3v) is 5.40. The van der Waals surface area contributed by atoms with Crippen molar-refractivity contribution in [1.29, 1.82) is 0 Å². The quantitative estimate of drug-likeness (QED) is 0.715. The number of nitrogens with one attached hydrogen (secondary N) is 2. The molecule has 9 heteroatoms. The Morgan fingerprint density at radius 3 is 2.91 bits per heavy atom. The summed E-state index contributed by atoms with van der Waals surface area (Å²) in [5, 5.41) is 9.22. The molecule has 3 rings (SSSR count). The van der Waals surface area contributed by atoms with Crippen LogP contribution in [-0.2, 0) is 10.0 Å². The maximum atomic E-state index is 12.7. The van der Waals surface area contributed by atoms with Gasteiger partial charge in [0.1, 0.15) is 4.91 Å². The number of carboxylic acid groups (broad SMARTS) is 1. The summed E-state index contributed by atoms with van der Waals surface area (Å²) in [6.45, 7) is 1.76. The highest BCUT2D eigenvalue weighted by Gasteiger charge is 2.30. The van der Waals surface area contributed by atoms with Gasteiger partial charge in [-0.15, -0.1) is 0 Å². The summed E-state index contributed by atoms with van der Waals surface area (Å²) in [6.07, 6.45) is 6.38. The molecule has 2 aliphatic heterocycles. The van der Waals surface area contributed by atoms with Gasteiger partial charge in [0.25, 0.3) is 10.0 Å². The average molecular weight is 351 g/mol. The molecule has 0 saturated carbocycles. The van der Waals surface area contributed by atoms with Gasteiger partial charge < -0.3 is 9.83 Å². The van der Waals surface area contributed by atoms with Crippen LogP contribution in [0.3, 0.4) is 0 Å². The second-order valence-electron chi connectivity index (χ2n) is 4.90. The average Bonchev–Trinajstić information content (AvgIpc) is 2.94. The number of sulfonamides is 1. The summed E-state index contributed by atoms with van der Waals surface area (Å²) < 4.78 is 32.3. The van der Waals surface area contributed by atoms with Crippen molar-refractivity contribution in [1.82, 2.24) is 9.03 Å². The van der Waals surface area contributed by atoms with Crippen LogP contribution in [0.2, 0.25) is 0 Å². The van der Waals surface area contributed by atoms with E-state index >= 15 is 0 Å². The minimum atomic E-state index is -3.93. The van der Waals surface area contributed by atoms with Gasteiger partial charge in [0.15, 0.2) is 0 Å². The van der Waals surface area contributed by atoms with Gasteiger partial charge in [-0.1, -0.05) is 6.07 Å². The molecule has 2 heterocycles. The summed E-state index contributed by atoms with van der Waals surface area (Å²) in [7, 11) is -3.93. The number of hydrogen-bond donors (Lipinski definition) is 3. The van der Waals surface area contributed by atoms with Crippen LogP contribution in [0.25, 0.3) is 0 Å². The maximum absolute atomic E-state index is 12.7. The molecule has 0 amide bonds. The third-order valence-electron chi connectivity index (χ3n) is 3.24. The molecule has 0 atom stereocenters. The molecule has 0 radical (unpaired) electrons. The Kier molecular flexibility index (Phi) is 3.82. The number of nitrogens with zero attached hydrogens (tertiary/aromatic N) is 1. The van der Waals surface area contributed by atoms with E-state index in [0.717, 1.165) is 5.56 Å². The molecule has 120 valence electrons. The third kappa shape index (κ3) is 2.92. The van der Waals surface area contributed by atoms with Gasteiger partial charge in [-0.3, -0.25) is 9.03 Å². The van der Waals surface area contributed by atoms with Crippen molar-refractivity contribution in [3.8, 4) is 0 Å². The smallest absolute Gasteiger partial charge is 0.337 e. The number of benzene rings is 1. The lowest BCUT2D eigenvalue weighted by Gasteiger charge is -2.21. The van der Waals surface area contributed by atoms with Gasteiger partial charge in [0, 0.05) is 12.4 Å². The van der Waals surface area contributed by atoms with Gasteiger partial charge in [0.2, 0.25) is 0 Å². The summed E-state index contributed by atoms with van der Waals surface area (Å²) in [5.74, 6) is -1.20. The lowest BCUT2D eigenvalue weighted by Crippen LogP contribution is -2.22. The van der Waals surface area contributed by atoms with Gasteiger partial charge in [-0.25, -0.2) is 13.2 Å². The van der Waals surface area contributed by atoms with Crippen LogP contribution in [0, 0.1) is 6.92 Å². The molecule has 1 aromatic rings. The maximum Gasteiger partial charge on any atom is 0.337 e. The summed E-state index contributed by atoms with van der Waals surface area (Å²) in [5.41, 5.74) is 1.17. The monoisotopic (exact) mass is 351 g/mol. The number of rotatable bonds is 4. The molecule has 0 bridgehead atoms. The second kappa shape index (κ2) is 5.67. The lowest BCUT2D eigenvalue weighted by atomic mass is 10.1. The standard InChI is InChI=1S/C14H13N3O4S2/c1-9-4-5-10(14(18)19)11(7-9)16-23(20,21)13-3-2-6-17-12(13)8-15-22-17/h2-8,15-16H,1H3,(H,18,19). The highest BCUT2D eigenvalue weighted by atomic mass is 32.2. The van der Waals surface area contributed by atoms with E-state index in [9.17, 15) is 18.3 Å². The molecule has 3 N–H and O–H groups in total. The van der Waals surface area contributed by atoms with Crippen molar-refractivity contribution in [2.24, 2.45) is 0 Å². The molecular weight excluding hydrogens is 338 g/mol. The van der Waals surface area contributed by atoms with Crippen LogP contribution >= 0.6 is 12.1 Å². The van der Waals surface area contributed by atoms with Crippen LogP contribution in [0.5, 0.6) is 0 Å². The van der Waals surface area contributed by atoms with E-state index in [0.29, 0.717) is 5.70 Å². The number of carbonyl (C=O) groups is 1. The summed E-state index contributed by atoms with van der Waals surface area (Å²) in [4.78, 5) is 11.3. The highest BCUT2D eigenvalue weighted by molar-refractivity contribution is 7.97. The van der Waals surface area contributed by atoms with Crippen molar-refractivity contribution >= 4 is 33.8 Å². The second-order valence-corrected chi connectivity index (χ2v) is 7.36. The number of fused-ring (bicyclic) bond motifs is 1. The molecule has 0 fully saturated rings. The van der Waals surface area contributed by atoms with E-state index in [1.807, 2.05) is 0 Å². The first-order valence-corrected chi connectivity index (χ1v) is 8.82. The van der Waals surface area contributed by atoms with E-state index in [1.54, 1.807) is 35.8 Å². The van der Waals surface area contributed by atoms with Gasteiger partial charge in [-0.05, 0) is 36.8 Å². The fourth-order valence-electron chi connectivity index (χ4n) is 2.19. The minimum Gasteiger partial charge on any atom is -0.478 e. The van der Waals surface area contributed by atoms with E-state index < -0.39 is 16.0 Å². The Morgan fingerprint density at radius 2 is 2.17 bits per heavy atom. The molecule has 23 heavy (non-hydrogen) atoms. The van der Waals surface area contributed by atoms with Crippen molar-refractivity contribution in [2.75, 3.05) is 4.72 Å². The Labute approximate surface area is 137 Å². The molecule has 0 saturated heterocycles. The van der Waals surface area contributed by atoms with Crippen LogP contribution in [0.1, 0.15) is 15.9 Å².